The van der Waals surface area contributed by atoms with Crippen molar-refractivity contribution in [2.24, 2.45) is 11.1 Å². The third-order valence-electron chi connectivity index (χ3n) is 3.72. The van der Waals surface area contributed by atoms with E-state index in [1.54, 1.807) is 6.26 Å². The van der Waals surface area contributed by atoms with Crippen molar-refractivity contribution in [3.8, 4) is 0 Å². The lowest BCUT2D eigenvalue weighted by Gasteiger charge is -2.32. The smallest absolute Gasteiger partial charge is 0.233 e. The number of thiocarbonyl (C=S) groups is 1. The SMILES string of the molecule is CCCC(CCC)(C(=O)NC(C)Cc1ccco1)C(N)=S. The highest BCUT2D eigenvalue weighted by Crippen LogP contribution is 2.31. The van der Waals surface area contributed by atoms with Crippen LogP contribution < -0.4 is 11.1 Å². The van der Waals surface area contributed by atoms with Gasteiger partial charge in [-0.2, -0.15) is 0 Å². The van der Waals surface area contributed by atoms with E-state index in [9.17, 15) is 4.79 Å². The van der Waals surface area contributed by atoms with Gasteiger partial charge in [-0.3, -0.25) is 4.79 Å². The number of nitrogens with two attached hydrogens (primary N) is 1. The van der Waals surface area contributed by atoms with E-state index in [1.165, 1.54) is 0 Å². The molecule has 21 heavy (non-hydrogen) atoms. The van der Waals surface area contributed by atoms with Crippen molar-refractivity contribution in [3.63, 3.8) is 0 Å². The Bertz CT molecular complexity index is 451. The van der Waals surface area contributed by atoms with Crippen molar-refractivity contribution >= 4 is 23.1 Å². The largest absolute Gasteiger partial charge is 0.469 e. The number of hydrogen-bond donors (Lipinski definition) is 2. The second-order valence-corrected chi connectivity index (χ2v) is 6.04. The number of carbonyl (C=O) groups excluding carboxylic acids is 1. The average Bonchev–Trinajstić information content (AvgIpc) is 2.90. The van der Waals surface area contributed by atoms with Crippen molar-refractivity contribution in [3.05, 3.63) is 24.2 Å². The minimum absolute atomic E-state index is 0.0221. The van der Waals surface area contributed by atoms with Gasteiger partial charge in [0.25, 0.3) is 0 Å². The molecular formula is C16H26N2O2S. The molecule has 1 amide bonds. The van der Waals surface area contributed by atoms with Crippen LogP contribution in [-0.4, -0.2) is 16.9 Å². The summed E-state index contributed by atoms with van der Waals surface area (Å²) >= 11 is 5.20. The van der Waals surface area contributed by atoms with E-state index in [4.69, 9.17) is 22.4 Å². The lowest BCUT2D eigenvalue weighted by molar-refractivity contribution is -0.128. The predicted octanol–water partition coefficient (Wildman–Crippen LogP) is 3.20. The van der Waals surface area contributed by atoms with Crippen LogP contribution in [0, 0.1) is 5.41 Å². The molecule has 1 aromatic rings. The highest BCUT2D eigenvalue weighted by Gasteiger charge is 2.40. The molecule has 1 rings (SSSR count). The molecule has 1 atom stereocenters. The summed E-state index contributed by atoms with van der Waals surface area (Å²) < 4.78 is 5.31. The monoisotopic (exact) mass is 310 g/mol. The van der Waals surface area contributed by atoms with Gasteiger partial charge in [0, 0.05) is 12.5 Å². The van der Waals surface area contributed by atoms with Gasteiger partial charge in [0.1, 0.15) is 5.76 Å². The van der Waals surface area contributed by atoms with Crippen LogP contribution in [0.4, 0.5) is 0 Å². The summed E-state index contributed by atoms with van der Waals surface area (Å²) in [4.78, 5) is 13.0. The summed E-state index contributed by atoms with van der Waals surface area (Å²) in [5.74, 6) is 0.799. The first-order valence-corrected chi connectivity index (χ1v) is 8.00. The van der Waals surface area contributed by atoms with Crippen molar-refractivity contribution in [1.82, 2.24) is 5.32 Å². The number of carbonyl (C=O) groups is 1. The van der Waals surface area contributed by atoms with Crippen LogP contribution in [0.25, 0.3) is 0 Å². The second-order valence-electron chi connectivity index (χ2n) is 5.60. The molecule has 118 valence electrons. The molecule has 0 fully saturated rings. The van der Waals surface area contributed by atoms with Crippen LogP contribution in [-0.2, 0) is 11.2 Å². The van der Waals surface area contributed by atoms with Gasteiger partial charge in [0.15, 0.2) is 0 Å². The summed E-state index contributed by atoms with van der Waals surface area (Å²) in [6, 6.07) is 3.73. The Hall–Kier alpha value is -1.36. The lowest BCUT2D eigenvalue weighted by Crippen LogP contribution is -2.51. The van der Waals surface area contributed by atoms with Gasteiger partial charge in [-0.15, -0.1) is 0 Å². The Balaban J connectivity index is 2.77. The third kappa shape index (κ3) is 4.56. The van der Waals surface area contributed by atoms with Gasteiger partial charge >= 0.3 is 0 Å². The Morgan fingerprint density at radius 3 is 2.48 bits per heavy atom. The molecule has 1 aromatic heterocycles. The van der Waals surface area contributed by atoms with Crippen LogP contribution in [0.2, 0.25) is 0 Å². The molecule has 0 aromatic carbocycles. The van der Waals surface area contributed by atoms with E-state index < -0.39 is 5.41 Å². The standard InChI is InChI=1S/C16H26N2O2S/c1-4-8-16(9-5-2,14(17)21)15(19)18-12(3)11-13-7-6-10-20-13/h6-7,10,12H,4-5,8-9,11H2,1-3H3,(H2,17,21)(H,18,19). The van der Waals surface area contributed by atoms with E-state index in [0.29, 0.717) is 24.3 Å². The lowest BCUT2D eigenvalue weighted by atomic mass is 9.78. The molecule has 0 saturated carbocycles. The van der Waals surface area contributed by atoms with Crippen molar-refractivity contribution in [2.75, 3.05) is 0 Å². The van der Waals surface area contributed by atoms with Gasteiger partial charge in [0.2, 0.25) is 5.91 Å². The summed E-state index contributed by atoms with van der Waals surface area (Å²) in [7, 11) is 0. The number of rotatable bonds is 9. The van der Waals surface area contributed by atoms with Gasteiger partial charge in [-0.25, -0.2) is 0 Å². The van der Waals surface area contributed by atoms with E-state index in [0.717, 1.165) is 18.6 Å². The zero-order chi connectivity index (χ0) is 15.9. The first-order chi connectivity index (χ1) is 9.96. The minimum Gasteiger partial charge on any atom is -0.469 e. The highest BCUT2D eigenvalue weighted by molar-refractivity contribution is 7.80. The summed E-state index contributed by atoms with van der Waals surface area (Å²) in [6.07, 6.45) is 5.42. The van der Waals surface area contributed by atoms with Crippen LogP contribution in [0.15, 0.2) is 22.8 Å². The fourth-order valence-corrected chi connectivity index (χ4v) is 3.00. The van der Waals surface area contributed by atoms with Crippen molar-refractivity contribution in [2.45, 2.75) is 58.9 Å². The Kier molecular flexibility index (Phi) is 6.89. The number of hydrogen-bond acceptors (Lipinski definition) is 3. The maximum atomic E-state index is 12.7. The quantitative estimate of drug-likeness (QED) is 0.687. The number of nitrogens with one attached hydrogen (secondary N) is 1. The maximum Gasteiger partial charge on any atom is 0.233 e. The van der Waals surface area contributed by atoms with Gasteiger partial charge in [-0.1, -0.05) is 38.9 Å². The van der Waals surface area contributed by atoms with Gasteiger partial charge < -0.3 is 15.5 Å². The molecule has 0 aliphatic rings. The van der Waals surface area contributed by atoms with Crippen LogP contribution in [0.1, 0.15) is 52.2 Å². The van der Waals surface area contributed by atoms with Crippen LogP contribution in [0.3, 0.4) is 0 Å². The Morgan fingerprint density at radius 1 is 1.43 bits per heavy atom. The molecule has 0 spiro atoms. The second kappa shape index (κ2) is 8.17. The predicted molar refractivity (Wildman–Crippen MR) is 89.1 cm³/mol. The minimum atomic E-state index is -0.726. The Morgan fingerprint density at radius 2 is 2.05 bits per heavy atom. The Labute approximate surface area is 132 Å². The molecule has 0 bridgehead atoms. The van der Waals surface area contributed by atoms with E-state index in [2.05, 4.69) is 5.32 Å². The fourth-order valence-electron chi connectivity index (χ4n) is 2.71. The maximum absolute atomic E-state index is 12.7. The average molecular weight is 310 g/mol. The third-order valence-corrected chi connectivity index (χ3v) is 4.12. The summed E-state index contributed by atoms with van der Waals surface area (Å²) in [5.41, 5.74) is 5.18. The topological polar surface area (TPSA) is 68.3 Å². The number of furan rings is 1. The van der Waals surface area contributed by atoms with E-state index in [1.807, 2.05) is 32.9 Å². The molecule has 0 aliphatic heterocycles. The summed E-state index contributed by atoms with van der Waals surface area (Å²) in [6.45, 7) is 6.05. The van der Waals surface area contributed by atoms with Crippen molar-refractivity contribution in [1.29, 1.82) is 0 Å². The zero-order valence-corrected chi connectivity index (χ0v) is 14.0. The molecule has 1 unspecified atom stereocenters. The molecule has 3 N–H and O–H groups in total. The molecule has 0 aliphatic carbocycles. The van der Waals surface area contributed by atoms with Crippen LogP contribution >= 0.6 is 12.2 Å². The molecule has 5 heteroatoms. The van der Waals surface area contributed by atoms with E-state index >= 15 is 0 Å². The molecular weight excluding hydrogens is 284 g/mol. The normalized spacial score (nSPS) is 12.9. The first-order valence-electron chi connectivity index (χ1n) is 7.59. The van der Waals surface area contributed by atoms with Gasteiger partial charge in [-0.05, 0) is 31.9 Å². The molecule has 4 nitrogen and oxygen atoms in total. The summed E-state index contributed by atoms with van der Waals surface area (Å²) in [5, 5.41) is 3.04. The van der Waals surface area contributed by atoms with E-state index in [-0.39, 0.29) is 11.9 Å². The first kappa shape index (κ1) is 17.7. The number of amides is 1. The molecule has 0 saturated heterocycles. The zero-order valence-electron chi connectivity index (χ0n) is 13.1. The molecule has 0 radical (unpaired) electrons. The van der Waals surface area contributed by atoms with Crippen molar-refractivity contribution < 1.29 is 9.21 Å². The van der Waals surface area contributed by atoms with Gasteiger partial charge in [0.05, 0.1) is 16.7 Å². The fraction of sp³-hybridized carbons (Fsp3) is 0.625. The van der Waals surface area contributed by atoms with Crippen LogP contribution in [0.5, 0.6) is 0 Å². The highest BCUT2D eigenvalue weighted by atomic mass is 32.1. The molecule has 1 heterocycles.